The van der Waals surface area contributed by atoms with Gasteiger partial charge in [0, 0.05) is 18.2 Å². The monoisotopic (exact) mass is 545 g/mol. The summed E-state index contributed by atoms with van der Waals surface area (Å²) >= 11 is 0. The normalized spacial score (nSPS) is 18.3. The van der Waals surface area contributed by atoms with Crippen LogP contribution >= 0.6 is 0 Å². The fourth-order valence-corrected chi connectivity index (χ4v) is 5.16. The van der Waals surface area contributed by atoms with E-state index in [-0.39, 0.29) is 24.1 Å². The van der Waals surface area contributed by atoms with Crippen LogP contribution in [0.3, 0.4) is 0 Å². The highest BCUT2D eigenvalue weighted by Gasteiger charge is 2.29. The summed E-state index contributed by atoms with van der Waals surface area (Å²) in [7, 11) is 0. The van der Waals surface area contributed by atoms with E-state index < -0.39 is 17.7 Å². The van der Waals surface area contributed by atoms with Gasteiger partial charge in [-0.1, -0.05) is 6.42 Å². The molecule has 0 unspecified atom stereocenters. The Morgan fingerprint density at radius 2 is 2.12 bits per heavy atom. The van der Waals surface area contributed by atoms with Crippen LogP contribution in [0.1, 0.15) is 72.8 Å². The van der Waals surface area contributed by atoms with Crippen LogP contribution < -0.4 is 10.6 Å². The molecule has 4 aromatic heterocycles. The van der Waals surface area contributed by atoms with Crippen molar-refractivity contribution in [3.8, 4) is 17.5 Å². The van der Waals surface area contributed by atoms with Crippen molar-refractivity contribution in [3.63, 3.8) is 0 Å². The number of amides is 1. The summed E-state index contributed by atoms with van der Waals surface area (Å²) in [5, 5.41) is 29.7. The molecule has 4 heterocycles. The zero-order chi connectivity index (χ0) is 28.4. The van der Waals surface area contributed by atoms with Crippen LogP contribution in [-0.2, 0) is 0 Å². The minimum absolute atomic E-state index is 0.0516. The third kappa shape index (κ3) is 5.67. The number of aromatic nitrogens is 4. The summed E-state index contributed by atoms with van der Waals surface area (Å²) in [6.07, 6.45) is 6.46. The molecule has 0 bridgehead atoms. The van der Waals surface area contributed by atoms with Crippen LogP contribution in [0.5, 0.6) is 0 Å². The summed E-state index contributed by atoms with van der Waals surface area (Å²) in [4.78, 5) is 22.0. The Labute approximate surface area is 231 Å². The standard InChI is InChI=1S/C29H32FN7O3/c1-17-27(40-16-34-17)19-5-4-6-20(10-19)36-23-11-24(25-8-7-21-9-18(12-31)13-35-37(21)25)32-14-22(23)28(38)33-15-26(30)29(2,3)39/h7-9,11,13-14,16,19-20,26,39H,4-6,10,15H2,1-3H3,(H,32,36)(H,33,38)/t19-,20-,26-/m1/s1. The van der Waals surface area contributed by atoms with Gasteiger partial charge < -0.3 is 20.2 Å². The molecule has 1 amide bonds. The number of aliphatic hydroxyl groups is 1. The van der Waals surface area contributed by atoms with E-state index in [0.29, 0.717) is 22.6 Å². The Balaban J connectivity index is 1.46. The van der Waals surface area contributed by atoms with Crippen molar-refractivity contribution in [2.24, 2.45) is 0 Å². The Hall–Kier alpha value is -4.30. The maximum atomic E-state index is 14.4. The third-order valence-electron chi connectivity index (χ3n) is 7.44. The lowest BCUT2D eigenvalue weighted by Crippen LogP contribution is -2.42. The SMILES string of the molecule is Cc1ncoc1[C@@H]1CCC[C@@H](Nc2cc(-c3ccc4cc(C#N)cnn34)ncc2C(=O)NC[C@@H](F)C(C)(C)O)C1. The van der Waals surface area contributed by atoms with Crippen LogP contribution in [0, 0.1) is 18.3 Å². The minimum Gasteiger partial charge on any atom is -0.448 e. The Morgan fingerprint density at radius 3 is 2.85 bits per heavy atom. The van der Waals surface area contributed by atoms with Gasteiger partial charge in [0.1, 0.15) is 18.0 Å². The molecule has 3 N–H and O–H groups in total. The molecule has 1 aliphatic carbocycles. The molecule has 0 radical (unpaired) electrons. The molecule has 1 fully saturated rings. The number of anilines is 1. The molecule has 1 aliphatic rings. The fourth-order valence-electron chi connectivity index (χ4n) is 5.16. The van der Waals surface area contributed by atoms with Crippen LogP contribution in [0.25, 0.3) is 16.9 Å². The lowest BCUT2D eigenvalue weighted by atomic mass is 9.83. The van der Waals surface area contributed by atoms with Crippen molar-refractivity contribution in [2.75, 3.05) is 11.9 Å². The second-order valence-electron chi connectivity index (χ2n) is 10.9. The summed E-state index contributed by atoms with van der Waals surface area (Å²) in [6.45, 7) is 4.32. The van der Waals surface area contributed by atoms with Crippen molar-refractivity contribution < 1.29 is 18.7 Å². The minimum atomic E-state index is -1.64. The largest absolute Gasteiger partial charge is 0.448 e. The van der Waals surface area contributed by atoms with Gasteiger partial charge in [-0.05, 0) is 64.3 Å². The number of nitriles is 1. The zero-order valence-electron chi connectivity index (χ0n) is 22.7. The Morgan fingerprint density at radius 1 is 1.30 bits per heavy atom. The van der Waals surface area contributed by atoms with E-state index >= 15 is 0 Å². The summed E-state index contributed by atoms with van der Waals surface area (Å²) < 4.78 is 21.7. The predicted octanol–water partition coefficient (Wildman–Crippen LogP) is 4.54. The van der Waals surface area contributed by atoms with E-state index in [0.717, 1.165) is 42.7 Å². The number of fused-ring (bicyclic) bond motifs is 1. The first-order chi connectivity index (χ1) is 19.1. The number of carbonyl (C=O) groups excluding carboxylic acids is 1. The Kier molecular flexibility index (Phi) is 7.54. The van der Waals surface area contributed by atoms with E-state index in [1.54, 1.807) is 16.6 Å². The van der Waals surface area contributed by atoms with Gasteiger partial charge in [-0.2, -0.15) is 10.4 Å². The number of rotatable bonds is 8. The number of hydrogen-bond donors (Lipinski definition) is 3. The first-order valence-corrected chi connectivity index (χ1v) is 13.3. The molecule has 11 heteroatoms. The third-order valence-corrected chi connectivity index (χ3v) is 7.44. The number of oxazole rings is 1. The van der Waals surface area contributed by atoms with Gasteiger partial charge in [0.2, 0.25) is 0 Å². The maximum Gasteiger partial charge on any atom is 0.255 e. The van der Waals surface area contributed by atoms with Crippen LogP contribution in [0.4, 0.5) is 10.1 Å². The van der Waals surface area contributed by atoms with E-state index in [9.17, 15) is 19.6 Å². The maximum absolute atomic E-state index is 14.4. The molecule has 3 atom stereocenters. The smallest absolute Gasteiger partial charge is 0.255 e. The van der Waals surface area contributed by atoms with Gasteiger partial charge in [-0.3, -0.25) is 9.78 Å². The van der Waals surface area contributed by atoms with Crippen molar-refractivity contribution in [3.05, 3.63) is 65.6 Å². The number of nitrogens with zero attached hydrogens (tertiary/aromatic N) is 5. The number of nitrogens with one attached hydrogen (secondary N) is 2. The first-order valence-electron chi connectivity index (χ1n) is 13.3. The second kappa shape index (κ2) is 11.1. The quantitative estimate of drug-likeness (QED) is 0.293. The molecule has 0 saturated heterocycles. The van der Waals surface area contributed by atoms with E-state index in [2.05, 4.69) is 31.8 Å². The molecule has 40 heavy (non-hydrogen) atoms. The van der Waals surface area contributed by atoms with Gasteiger partial charge in [0.05, 0.1) is 57.8 Å². The summed E-state index contributed by atoms with van der Waals surface area (Å²) in [6, 6.07) is 9.38. The van der Waals surface area contributed by atoms with Crippen LogP contribution in [0.15, 0.2) is 47.5 Å². The molecule has 0 aromatic carbocycles. The highest BCUT2D eigenvalue weighted by molar-refractivity contribution is 6.00. The molecule has 10 nitrogen and oxygen atoms in total. The molecule has 0 aliphatic heterocycles. The lowest BCUT2D eigenvalue weighted by Gasteiger charge is -2.30. The summed E-state index contributed by atoms with van der Waals surface area (Å²) in [5.41, 5.74) is 2.59. The van der Waals surface area contributed by atoms with Crippen molar-refractivity contribution in [1.82, 2.24) is 24.9 Å². The lowest BCUT2D eigenvalue weighted by molar-refractivity contribution is -0.00177. The molecule has 1 saturated carbocycles. The number of carbonyl (C=O) groups is 1. The van der Waals surface area contributed by atoms with E-state index in [4.69, 9.17) is 4.42 Å². The van der Waals surface area contributed by atoms with Gasteiger partial charge in [0.15, 0.2) is 6.39 Å². The van der Waals surface area contributed by atoms with E-state index in [1.165, 1.54) is 32.6 Å². The zero-order valence-corrected chi connectivity index (χ0v) is 22.7. The van der Waals surface area contributed by atoms with Crippen molar-refractivity contribution in [1.29, 1.82) is 5.26 Å². The molecule has 5 rings (SSSR count). The highest BCUT2D eigenvalue weighted by Crippen LogP contribution is 2.36. The van der Waals surface area contributed by atoms with Gasteiger partial charge >= 0.3 is 0 Å². The fraction of sp³-hybridized carbons (Fsp3) is 0.414. The first kappa shape index (κ1) is 27.3. The van der Waals surface area contributed by atoms with Gasteiger partial charge in [-0.25, -0.2) is 13.9 Å². The van der Waals surface area contributed by atoms with Gasteiger partial charge in [0.25, 0.3) is 5.91 Å². The average molecular weight is 546 g/mol. The molecule has 0 spiro atoms. The van der Waals surface area contributed by atoms with Crippen LogP contribution in [-0.4, -0.2) is 55.0 Å². The molecule has 4 aromatic rings. The highest BCUT2D eigenvalue weighted by atomic mass is 19.1. The predicted molar refractivity (Wildman–Crippen MR) is 147 cm³/mol. The number of alkyl halides is 1. The number of halogens is 1. The number of pyridine rings is 1. The molecular weight excluding hydrogens is 513 g/mol. The molecule has 208 valence electrons. The summed E-state index contributed by atoms with van der Waals surface area (Å²) in [5.74, 6) is 0.603. The number of aryl methyl sites for hydroxylation is 1. The average Bonchev–Trinajstić information content (AvgIpc) is 3.56. The van der Waals surface area contributed by atoms with E-state index in [1.807, 2.05) is 19.1 Å². The van der Waals surface area contributed by atoms with Crippen LogP contribution in [0.2, 0.25) is 0 Å². The van der Waals surface area contributed by atoms with Gasteiger partial charge in [-0.15, -0.1) is 0 Å². The Bertz CT molecular complexity index is 1570. The second-order valence-corrected chi connectivity index (χ2v) is 10.9. The van der Waals surface area contributed by atoms with Crippen molar-refractivity contribution in [2.45, 2.75) is 70.2 Å². The van der Waals surface area contributed by atoms with Crippen molar-refractivity contribution >= 4 is 17.1 Å². The number of hydrogen-bond acceptors (Lipinski definition) is 8. The topological polar surface area (TPSA) is 141 Å². The molecular formula is C29H32FN7O3.